The van der Waals surface area contributed by atoms with E-state index in [1.165, 1.54) is 0 Å². The van der Waals surface area contributed by atoms with Gasteiger partial charge in [0.25, 0.3) is 0 Å². The van der Waals surface area contributed by atoms with Crippen molar-refractivity contribution >= 4 is 22.3 Å². The maximum atomic E-state index is 9.55. The zero-order chi connectivity index (χ0) is 16.9. The molecule has 0 radical (unpaired) electrons. The minimum absolute atomic E-state index is 0.262. The van der Waals surface area contributed by atoms with Gasteiger partial charge in [0.1, 0.15) is 17.5 Å². The van der Waals surface area contributed by atoms with E-state index in [-0.39, 0.29) is 5.41 Å². The fraction of sp³-hybridized carbons (Fsp3) is 0.471. The number of nitriles is 1. The molecule has 1 aliphatic carbocycles. The molecule has 3 rings (SSSR count). The van der Waals surface area contributed by atoms with Crippen molar-refractivity contribution in [1.29, 1.82) is 5.26 Å². The number of thiazole rings is 1. The highest BCUT2D eigenvalue weighted by atomic mass is 32.1. The van der Waals surface area contributed by atoms with Crippen LogP contribution in [0.2, 0.25) is 0 Å². The molecule has 0 bridgehead atoms. The van der Waals surface area contributed by atoms with Gasteiger partial charge in [0.15, 0.2) is 5.13 Å². The highest BCUT2D eigenvalue weighted by Gasteiger charge is 2.48. The first kappa shape index (κ1) is 15.8. The Bertz CT molecular complexity index is 813. The number of aromatic nitrogens is 2. The number of pyridine rings is 1. The van der Waals surface area contributed by atoms with Gasteiger partial charge in [-0.1, -0.05) is 25.2 Å². The highest BCUT2D eigenvalue weighted by molar-refractivity contribution is 7.18. The third-order valence-corrected chi connectivity index (χ3v) is 5.77. The lowest BCUT2D eigenvalue weighted by molar-refractivity contribution is 0.615. The summed E-state index contributed by atoms with van der Waals surface area (Å²) in [5, 5.41) is 10.5. The van der Waals surface area contributed by atoms with E-state index < -0.39 is 0 Å². The number of nitrogens with zero attached hydrogens (tertiary/aromatic N) is 4. The van der Waals surface area contributed by atoms with Crippen LogP contribution < -0.4 is 10.6 Å². The Kier molecular flexibility index (Phi) is 3.56. The second kappa shape index (κ2) is 5.20. The normalized spacial score (nSPS) is 18.5. The molecule has 0 saturated heterocycles. The molecule has 1 unspecified atom stereocenters. The quantitative estimate of drug-likeness (QED) is 0.932. The lowest BCUT2D eigenvalue weighted by Crippen LogP contribution is -2.07. The molecular formula is C17H21N5S. The fourth-order valence-corrected chi connectivity index (χ4v) is 3.94. The summed E-state index contributed by atoms with van der Waals surface area (Å²) in [4.78, 5) is 11.9. The van der Waals surface area contributed by atoms with Crippen molar-refractivity contribution in [1.82, 2.24) is 9.97 Å². The van der Waals surface area contributed by atoms with Crippen LogP contribution in [0.25, 0.3) is 10.4 Å². The lowest BCUT2D eigenvalue weighted by Gasteiger charge is -2.14. The minimum Gasteiger partial charge on any atom is -0.383 e. The molecule has 1 saturated carbocycles. The average molecular weight is 327 g/mol. The standard InChI is InChI=1S/C17H21N5S/c1-9-13(12-8-20-16(23-12)22(4)5)10(7-18)15(19)21-14(9)11-6-17(11,2)3/h8,11H,6H2,1-5H3,(H2,19,21). The first-order valence-corrected chi connectivity index (χ1v) is 8.41. The van der Waals surface area contributed by atoms with E-state index in [1.54, 1.807) is 11.3 Å². The molecular weight excluding hydrogens is 306 g/mol. The average Bonchev–Trinajstić information content (AvgIpc) is 2.89. The van der Waals surface area contributed by atoms with Gasteiger partial charge in [0, 0.05) is 31.8 Å². The summed E-state index contributed by atoms with van der Waals surface area (Å²) in [6, 6.07) is 2.23. The molecule has 0 amide bonds. The summed E-state index contributed by atoms with van der Waals surface area (Å²) in [7, 11) is 3.92. The van der Waals surface area contributed by atoms with Crippen molar-refractivity contribution in [2.45, 2.75) is 33.1 Å². The van der Waals surface area contributed by atoms with E-state index in [9.17, 15) is 5.26 Å². The lowest BCUT2D eigenvalue weighted by atomic mass is 9.96. The Balaban J connectivity index is 2.19. The Morgan fingerprint density at radius 3 is 2.57 bits per heavy atom. The Hall–Kier alpha value is -2.13. The van der Waals surface area contributed by atoms with Gasteiger partial charge in [-0.2, -0.15) is 5.26 Å². The van der Waals surface area contributed by atoms with E-state index in [2.05, 4.69) is 29.9 Å². The molecule has 0 aromatic carbocycles. The van der Waals surface area contributed by atoms with E-state index in [0.29, 0.717) is 17.3 Å². The van der Waals surface area contributed by atoms with Gasteiger partial charge in [0.2, 0.25) is 0 Å². The summed E-state index contributed by atoms with van der Waals surface area (Å²) in [6.45, 7) is 6.52. The minimum atomic E-state index is 0.262. The summed E-state index contributed by atoms with van der Waals surface area (Å²) in [5.74, 6) is 0.739. The fourth-order valence-electron chi connectivity index (χ4n) is 2.99. The molecule has 5 nitrogen and oxygen atoms in total. The molecule has 1 fully saturated rings. The van der Waals surface area contributed by atoms with Gasteiger partial charge in [-0.15, -0.1) is 0 Å². The molecule has 1 aliphatic rings. The van der Waals surface area contributed by atoms with Crippen LogP contribution in [-0.4, -0.2) is 24.1 Å². The van der Waals surface area contributed by atoms with Crippen molar-refractivity contribution in [2.75, 3.05) is 24.7 Å². The van der Waals surface area contributed by atoms with Gasteiger partial charge in [-0.05, 0) is 24.3 Å². The van der Waals surface area contributed by atoms with Crippen molar-refractivity contribution < 1.29 is 0 Å². The number of hydrogen-bond donors (Lipinski definition) is 1. The van der Waals surface area contributed by atoms with Crippen LogP contribution in [-0.2, 0) is 0 Å². The predicted octanol–water partition coefficient (Wildman–Crippen LogP) is 3.55. The van der Waals surface area contributed by atoms with Gasteiger partial charge < -0.3 is 10.6 Å². The second-order valence-electron chi connectivity index (χ2n) is 7.02. The van der Waals surface area contributed by atoms with Crippen LogP contribution in [0.3, 0.4) is 0 Å². The molecule has 0 spiro atoms. The van der Waals surface area contributed by atoms with Gasteiger partial charge in [-0.3, -0.25) is 0 Å². The largest absolute Gasteiger partial charge is 0.383 e. The molecule has 23 heavy (non-hydrogen) atoms. The third kappa shape index (κ3) is 2.55. The summed E-state index contributed by atoms with van der Waals surface area (Å²) in [5.41, 5.74) is 9.80. The van der Waals surface area contributed by atoms with Crippen molar-refractivity contribution in [2.24, 2.45) is 5.41 Å². The summed E-state index contributed by atoms with van der Waals surface area (Å²) < 4.78 is 0. The molecule has 0 aliphatic heterocycles. The molecule has 6 heteroatoms. The van der Waals surface area contributed by atoms with Crippen LogP contribution in [0.15, 0.2) is 6.20 Å². The monoisotopic (exact) mass is 327 g/mol. The van der Waals surface area contributed by atoms with Crippen LogP contribution in [0.4, 0.5) is 10.9 Å². The number of nitrogens with two attached hydrogens (primary N) is 1. The molecule has 120 valence electrons. The highest BCUT2D eigenvalue weighted by Crippen LogP contribution is 2.59. The van der Waals surface area contributed by atoms with Gasteiger partial charge in [-0.25, -0.2) is 9.97 Å². The van der Waals surface area contributed by atoms with Gasteiger partial charge >= 0.3 is 0 Å². The predicted molar refractivity (Wildman–Crippen MR) is 94.7 cm³/mol. The third-order valence-electron chi connectivity index (χ3n) is 4.58. The van der Waals surface area contributed by atoms with Crippen molar-refractivity contribution in [3.63, 3.8) is 0 Å². The Morgan fingerprint density at radius 2 is 2.09 bits per heavy atom. The number of anilines is 2. The van der Waals surface area contributed by atoms with E-state index >= 15 is 0 Å². The van der Waals surface area contributed by atoms with E-state index in [1.807, 2.05) is 32.1 Å². The van der Waals surface area contributed by atoms with Crippen LogP contribution in [0, 0.1) is 23.7 Å². The molecule has 2 heterocycles. The number of nitrogen functional groups attached to an aromatic ring is 1. The zero-order valence-corrected chi connectivity index (χ0v) is 15.0. The maximum absolute atomic E-state index is 9.55. The zero-order valence-electron chi connectivity index (χ0n) is 14.1. The smallest absolute Gasteiger partial charge is 0.185 e. The van der Waals surface area contributed by atoms with Crippen molar-refractivity contribution in [3.8, 4) is 16.5 Å². The molecule has 2 aromatic heterocycles. The number of hydrogen-bond acceptors (Lipinski definition) is 6. The maximum Gasteiger partial charge on any atom is 0.185 e. The topological polar surface area (TPSA) is 78.8 Å². The van der Waals surface area contributed by atoms with Crippen LogP contribution in [0.1, 0.15) is 43.0 Å². The molecule has 2 aromatic rings. The van der Waals surface area contributed by atoms with Crippen LogP contribution in [0.5, 0.6) is 0 Å². The Morgan fingerprint density at radius 1 is 1.43 bits per heavy atom. The van der Waals surface area contributed by atoms with Crippen molar-refractivity contribution in [3.05, 3.63) is 23.0 Å². The first-order valence-electron chi connectivity index (χ1n) is 7.60. The van der Waals surface area contributed by atoms with E-state index in [4.69, 9.17) is 5.73 Å². The second-order valence-corrected chi connectivity index (χ2v) is 8.02. The Labute approximate surface area is 140 Å². The molecule has 2 N–H and O–H groups in total. The van der Waals surface area contributed by atoms with Crippen LogP contribution >= 0.6 is 11.3 Å². The molecule has 1 atom stereocenters. The summed E-state index contributed by atoms with van der Waals surface area (Å²) >= 11 is 1.57. The SMILES string of the molecule is Cc1c(C2CC2(C)C)nc(N)c(C#N)c1-c1cnc(N(C)C)s1. The summed E-state index contributed by atoms with van der Waals surface area (Å²) in [6.07, 6.45) is 2.93. The number of rotatable bonds is 3. The first-order chi connectivity index (χ1) is 10.8. The van der Waals surface area contributed by atoms with Gasteiger partial charge in [0.05, 0.1) is 10.6 Å². The van der Waals surface area contributed by atoms with E-state index in [0.717, 1.165) is 33.3 Å².